The summed E-state index contributed by atoms with van der Waals surface area (Å²) in [4.78, 5) is 23.2. The Kier molecular flexibility index (Phi) is 6.53. The number of nitrogens with zero attached hydrogens (tertiary/aromatic N) is 5. The molecule has 1 unspecified atom stereocenters. The molecule has 1 aliphatic rings. The molecule has 0 fully saturated rings. The molecule has 0 aliphatic heterocycles. The van der Waals surface area contributed by atoms with Gasteiger partial charge in [-0.05, 0) is 49.1 Å². The van der Waals surface area contributed by atoms with Gasteiger partial charge in [-0.2, -0.15) is 0 Å². The SMILES string of the molecule is COc1cccc(-c2cc(F)ccc2C2C/C(=N\OCc3cccnc3)c3c(C)nc(N)nc3C2)n1. The fourth-order valence-corrected chi connectivity index (χ4v) is 4.58. The maximum Gasteiger partial charge on any atom is 0.220 e. The summed E-state index contributed by atoms with van der Waals surface area (Å²) < 4.78 is 19.7. The minimum atomic E-state index is -0.342. The number of ether oxygens (including phenoxy) is 1. The number of halogens is 1. The maximum absolute atomic E-state index is 14.4. The Balaban J connectivity index is 1.54. The van der Waals surface area contributed by atoms with E-state index in [-0.39, 0.29) is 24.3 Å². The Morgan fingerprint density at radius 3 is 2.78 bits per heavy atom. The zero-order valence-electron chi connectivity index (χ0n) is 20.0. The van der Waals surface area contributed by atoms with Crippen LogP contribution in [0.15, 0.2) is 66.1 Å². The van der Waals surface area contributed by atoms with Crippen LogP contribution in [0.3, 0.4) is 0 Å². The fraction of sp³-hybridized carbons (Fsp3) is 0.222. The first kappa shape index (κ1) is 23.3. The Hall–Kier alpha value is -4.40. The van der Waals surface area contributed by atoms with E-state index < -0.39 is 0 Å². The molecule has 8 nitrogen and oxygen atoms in total. The third-order valence-electron chi connectivity index (χ3n) is 6.14. The van der Waals surface area contributed by atoms with Gasteiger partial charge in [-0.15, -0.1) is 0 Å². The minimum Gasteiger partial charge on any atom is -0.481 e. The van der Waals surface area contributed by atoms with Crippen LogP contribution in [0, 0.1) is 12.7 Å². The summed E-state index contributed by atoms with van der Waals surface area (Å²) in [6.45, 7) is 2.17. The van der Waals surface area contributed by atoms with Crippen LogP contribution in [0.2, 0.25) is 0 Å². The van der Waals surface area contributed by atoms with Crippen molar-refractivity contribution in [3.8, 4) is 17.1 Å². The number of fused-ring (bicyclic) bond motifs is 1. The Bertz CT molecular complexity index is 1430. The smallest absolute Gasteiger partial charge is 0.220 e. The molecule has 182 valence electrons. The standard InChI is InChI=1S/C27H25FN6O2/c1-16-26-23(33-27(29)31-16)11-18(12-24(26)34-36-15-17-5-4-10-30-14-17)20-9-8-19(28)13-21(20)22-6-3-7-25(32-22)35-2/h3-10,13-14,18H,11-12,15H2,1-2H3,(H2,29,31,33)/b34-24+. The lowest BCUT2D eigenvalue weighted by atomic mass is 9.79. The number of benzene rings is 1. The van der Waals surface area contributed by atoms with Crippen molar-refractivity contribution >= 4 is 11.7 Å². The van der Waals surface area contributed by atoms with Crippen LogP contribution >= 0.6 is 0 Å². The number of anilines is 1. The first-order valence-corrected chi connectivity index (χ1v) is 11.5. The number of rotatable bonds is 6. The number of aromatic nitrogens is 4. The van der Waals surface area contributed by atoms with E-state index in [1.807, 2.05) is 31.2 Å². The molecule has 3 aromatic heterocycles. The summed E-state index contributed by atoms with van der Waals surface area (Å²) in [5.41, 5.74) is 12.2. The molecule has 5 rings (SSSR count). The predicted octanol–water partition coefficient (Wildman–Crippen LogP) is 4.62. The molecule has 1 aliphatic carbocycles. The zero-order valence-corrected chi connectivity index (χ0v) is 20.0. The normalized spacial score (nSPS) is 16.0. The summed E-state index contributed by atoms with van der Waals surface area (Å²) in [7, 11) is 1.55. The largest absolute Gasteiger partial charge is 0.481 e. The van der Waals surface area contributed by atoms with E-state index in [0.717, 1.165) is 33.8 Å². The first-order valence-electron chi connectivity index (χ1n) is 11.5. The topological polar surface area (TPSA) is 108 Å². The Morgan fingerprint density at radius 1 is 1.08 bits per heavy atom. The molecule has 0 radical (unpaired) electrons. The summed E-state index contributed by atoms with van der Waals surface area (Å²) in [5.74, 6) is 0.261. The summed E-state index contributed by atoms with van der Waals surface area (Å²) in [6.07, 6.45) is 4.59. The number of pyridine rings is 2. The van der Waals surface area contributed by atoms with Crippen molar-refractivity contribution in [2.45, 2.75) is 32.3 Å². The molecular formula is C27H25FN6O2. The van der Waals surface area contributed by atoms with Gasteiger partial charge in [0.2, 0.25) is 11.8 Å². The molecule has 4 aromatic rings. The lowest BCUT2D eigenvalue weighted by molar-refractivity contribution is 0.129. The van der Waals surface area contributed by atoms with Crippen molar-refractivity contribution in [1.82, 2.24) is 19.9 Å². The highest BCUT2D eigenvalue weighted by atomic mass is 19.1. The molecule has 0 saturated heterocycles. The van der Waals surface area contributed by atoms with E-state index in [2.05, 4.69) is 25.1 Å². The van der Waals surface area contributed by atoms with Crippen LogP contribution in [0.1, 0.15) is 40.4 Å². The number of nitrogens with two attached hydrogens (primary N) is 1. The summed E-state index contributed by atoms with van der Waals surface area (Å²) >= 11 is 0. The molecule has 1 atom stereocenters. The number of hydrogen-bond donors (Lipinski definition) is 1. The molecule has 3 heterocycles. The number of aryl methyl sites for hydroxylation is 1. The second-order valence-electron chi connectivity index (χ2n) is 8.56. The molecular weight excluding hydrogens is 459 g/mol. The van der Waals surface area contributed by atoms with Crippen LogP contribution in [0.25, 0.3) is 11.3 Å². The number of hydrogen-bond acceptors (Lipinski definition) is 8. The van der Waals surface area contributed by atoms with Gasteiger partial charge in [-0.3, -0.25) is 4.98 Å². The van der Waals surface area contributed by atoms with Crippen molar-refractivity contribution in [3.05, 3.63) is 94.8 Å². The highest BCUT2D eigenvalue weighted by molar-refractivity contribution is 6.03. The van der Waals surface area contributed by atoms with Crippen molar-refractivity contribution in [2.75, 3.05) is 12.8 Å². The quantitative estimate of drug-likeness (QED) is 0.398. The molecule has 36 heavy (non-hydrogen) atoms. The van der Waals surface area contributed by atoms with Gasteiger partial charge in [0.15, 0.2) is 0 Å². The molecule has 0 saturated carbocycles. The number of methoxy groups -OCH3 is 1. The molecule has 0 spiro atoms. The second-order valence-corrected chi connectivity index (χ2v) is 8.56. The van der Waals surface area contributed by atoms with Gasteiger partial charge < -0.3 is 15.3 Å². The third kappa shape index (κ3) is 4.86. The van der Waals surface area contributed by atoms with Crippen LogP contribution in [-0.2, 0) is 17.9 Å². The lowest BCUT2D eigenvalue weighted by Gasteiger charge is -2.27. The highest BCUT2D eigenvalue weighted by Gasteiger charge is 2.31. The van der Waals surface area contributed by atoms with E-state index in [1.165, 1.54) is 12.1 Å². The van der Waals surface area contributed by atoms with Crippen molar-refractivity contribution in [2.24, 2.45) is 5.16 Å². The van der Waals surface area contributed by atoms with Gasteiger partial charge in [-0.1, -0.05) is 23.4 Å². The van der Waals surface area contributed by atoms with E-state index in [0.29, 0.717) is 30.0 Å². The molecule has 0 bridgehead atoms. The van der Waals surface area contributed by atoms with E-state index in [4.69, 9.17) is 15.3 Å². The van der Waals surface area contributed by atoms with Gasteiger partial charge in [0.05, 0.1) is 29.9 Å². The summed E-state index contributed by atoms with van der Waals surface area (Å²) in [5, 5.41) is 4.49. The van der Waals surface area contributed by atoms with Gasteiger partial charge in [0, 0.05) is 41.6 Å². The number of oxime groups is 1. The zero-order chi connectivity index (χ0) is 25.1. The Morgan fingerprint density at radius 2 is 1.97 bits per heavy atom. The molecule has 0 amide bonds. The van der Waals surface area contributed by atoms with E-state index >= 15 is 0 Å². The van der Waals surface area contributed by atoms with Crippen LogP contribution in [-0.4, -0.2) is 32.8 Å². The van der Waals surface area contributed by atoms with Crippen LogP contribution < -0.4 is 10.5 Å². The van der Waals surface area contributed by atoms with Gasteiger partial charge in [-0.25, -0.2) is 19.3 Å². The predicted molar refractivity (Wildman–Crippen MR) is 134 cm³/mol. The lowest BCUT2D eigenvalue weighted by Crippen LogP contribution is -2.24. The van der Waals surface area contributed by atoms with Gasteiger partial charge >= 0.3 is 0 Å². The average Bonchev–Trinajstić information content (AvgIpc) is 2.88. The van der Waals surface area contributed by atoms with Crippen LogP contribution in [0.5, 0.6) is 5.88 Å². The molecule has 1 aromatic carbocycles. The van der Waals surface area contributed by atoms with E-state index in [9.17, 15) is 4.39 Å². The average molecular weight is 485 g/mol. The summed E-state index contributed by atoms with van der Waals surface area (Å²) in [6, 6.07) is 14.0. The van der Waals surface area contributed by atoms with E-state index in [1.54, 1.807) is 31.6 Å². The maximum atomic E-state index is 14.4. The molecule has 2 N–H and O–H groups in total. The minimum absolute atomic E-state index is 0.0597. The second kappa shape index (κ2) is 10.1. The van der Waals surface area contributed by atoms with Crippen molar-refractivity contribution < 1.29 is 14.0 Å². The third-order valence-corrected chi connectivity index (χ3v) is 6.14. The first-order chi connectivity index (χ1) is 17.5. The van der Waals surface area contributed by atoms with Gasteiger partial charge in [0.1, 0.15) is 12.4 Å². The van der Waals surface area contributed by atoms with Crippen molar-refractivity contribution in [1.29, 1.82) is 0 Å². The highest BCUT2D eigenvalue weighted by Crippen LogP contribution is 2.38. The Labute approximate surface area is 208 Å². The van der Waals surface area contributed by atoms with Crippen molar-refractivity contribution in [3.63, 3.8) is 0 Å². The fourth-order valence-electron chi connectivity index (χ4n) is 4.58. The number of nitrogen functional groups attached to an aromatic ring is 1. The monoisotopic (exact) mass is 484 g/mol. The molecule has 9 heteroatoms. The van der Waals surface area contributed by atoms with Gasteiger partial charge in [0.25, 0.3) is 0 Å². The van der Waals surface area contributed by atoms with Crippen LogP contribution in [0.4, 0.5) is 10.3 Å².